The SMILES string of the molecule is CC(=O)OC1C[C@@H](CO[Si](c2ccccc2)(c2ccccc2)C(C)(C)C)[C@@H]([C@H]2COC3(CCCCC3)O2)O1. The highest BCUT2D eigenvalue weighted by Crippen LogP contribution is 2.43. The van der Waals surface area contributed by atoms with Crippen molar-refractivity contribution in [2.45, 2.75) is 95.5 Å². The Morgan fingerprint density at radius 2 is 1.58 bits per heavy atom. The summed E-state index contributed by atoms with van der Waals surface area (Å²) in [7, 11) is -2.71. The van der Waals surface area contributed by atoms with Crippen LogP contribution in [0.3, 0.4) is 0 Å². The van der Waals surface area contributed by atoms with E-state index in [4.69, 9.17) is 23.4 Å². The average Bonchev–Trinajstić information content (AvgIpc) is 3.49. The molecule has 0 N–H and O–H groups in total. The van der Waals surface area contributed by atoms with Gasteiger partial charge in [0, 0.05) is 38.7 Å². The monoisotopic (exact) mass is 538 g/mol. The lowest BCUT2D eigenvalue weighted by atomic mass is 9.94. The molecule has 2 aromatic rings. The van der Waals surface area contributed by atoms with E-state index >= 15 is 0 Å². The highest BCUT2D eigenvalue weighted by molar-refractivity contribution is 6.99. The number of hydrogen-bond donors (Lipinski definition) is 0. The minimum Gasteiger partial charge on any atom is -0.436 e. The Bertz CT molecular complexity index is 1020. The fourth-order valence-electron chi connectivity index (χ4n) is 6.62. The highest BCUT2D eigenvalue weighted by Gasteiger charge is 2.54. The van der Waals surface area contributed by atoms with Gasteiger partial charge in [-0.3, -0.25) is 4.79 Å². The van der Waals surface area contributed by atoms with Gasteiger partial charge in [-0.1, -0.05) is 87.9 Å². The van der Waals surface area contributed by atoms with Crippen LogP contribution in [0.1, 0.15) is 66.2 Å². The van der Waals surface area contributed by atoms with Crippen molar-refractivity contribution < 1.29 is 28.2 Å². The second-order valence-electron chi connectivity index (χ2n) is 12.0. The van der Waals surface area contributed by atoms with Crippen LogP contribution in [0.25, 0.3) is 0 Å². The lowest BCUT2D eigenvalue weighted by molar-refractivity contribution is -0.210. The van der Waals surface area contributed by atoms with Crippen molar-refractivity contribution in [2.75, 3.05) is 13.2 Å². The van der Waals surface area contributed by atoms with Crippen LogP contribution in [-0.4, -0.2) is 51.8 Å². The number of carbonyl (C=O) groups excluding carboxylic acids is 1. The molecule has 5 rings (SSSR count). The summed E-state index contributed by atoms with van der Waals surface area (Å²) < 4.78 is 32.0. The van der Waals surface area contributed by atoms with Gasteiger partial charge in [-0.05, 0) is 28.3 Å². The van der Waals surface area contributed by atoms with Gasteiger partial charge in [-0.25, -0.2) is 0 Å². The Morgan fingerprint density at radius 3 is 2.13 bits per heavy atom. The third kappa shape index (κ3) is 5.49. The van der Waals surface area contributed by atoms with E-state index in [0.29, 0.717) is 19.6 Å². The number of carbonyl (C=O) groups is 1. The number of ether oxygens (including phenoxy) is 4. The van der Waals surface area contributed by atoms with Crippen LogP contribution in [0.4, 0.5) is 0 Å². The molecule has 38 heavy (non-hydrogen) atoms. The molecule has 1 saturated carbocycles. The number of rotatable bonds is 7. The van der Waals surface area contributed by atoms with Crippen LogP contribution in [0.2, 0.25) is 5.04 Å². The first kappa shape index (κ1) is 27.5. The maximum absolute atomic E-state index is 11.8. The molecule has 4 atom stereocenters. The molecule has 3 aliphatic rings. The Balaban J connectivity index is 1.43. The largest absolute Gasteiger partial charge is 0.436 e. The molecule has 0 aromatic heterocycles. The summed E-state index contributed by atoms with van der Waals surface area (Å²) in [5.74, 6) is -0.821. The topological polar surface area (TPSA) is 63.2 Å². The molecular weight excluding hydrogens is 496 g/mol. The highest BCUT2D eigenvalue weighted by atomic mass is 28.4. The quantitative estimate of drug-likeness (QED) is 0.368. The van der Waals surface area contributed by atoms with Crippen molar-refractivity contribution in [3.63, 3.8) is 0 Å². The summed E-state index contributed by atoms with van der Waals surface area (Å²) in [6.45, 7) is 9.26. The van der Waals surface area contributed by atoms with Crippen molar-refractivity contribution in [3.05, 3.63) is 60.7 Å². The van der Waals surface area contributed by atoms with Gasteiger partial charge in [-0.2, -0.15) is 0 Å². The summed E-state index contributed by atoms with van der Waals surface area (Å²) in [5.41, 5.74) is 0. The molecule has 2 aliphatic heterocycles. The zero-order valence-corrected chi connectivity index (χ0v) is 24.2. The first-order chi connectivity index (χ1) is 18.2. The van der Waals surface area contributed by atoms with Gasteiger partial charge in [0.1, 0.15) is 6.10 Å². The van der Waals surface area contributed by atoms with Crippen molar-refractivity contribution in [1.29, 1.82) is 0 Å². The Labute approximate surface area is 228 Å². The minimum atomic E-state index is -2.71. The molecule has 1 unspecified atom stereocenters. The van der Waals surface area contributed by atoms with Gasteiger partial charge in [0.25, 0.3) is 8.32 Å². The average molecular weight is 539 g/mol. The summed E-state index contributed by atoms with van der Waals surface area (Å²) in [4.78, 5) is 11.8. The fourth-order valence-corrected chi connectivity index (χ4v) is 11.2. The lowest BCUT2D eigenvalue weighted by Gasteiger charge is -2.44. The lowest BCUT2D eigenvalue weighted by Crippen LogP contribution is -2.67. The van der Waals surface area contributed by atoms with Gasteiger partial charge in [0.05, 0.1) is 12.7 Å². The third-order valence-electron chi connectivity index (χ3n) is 8.36. The summed E-state index contributed by atoms with van der Waals surface area (Å²) in [6, 6.07) is 21.3. The first-order valence-corrected chi connectivity index (χ1v) is 16.0. The van der Waals surface area contributed by atoms with Crippen LogP contribution in [0, 0.1) is 5.92 Å². The molecule has 1 spiro atoms. The van der Waals surface area contributed by atoms with E-state index in [-0.39, 0.29) is 29.1 Å². The molecular formula is C31H42O6Si. The zero-order chi connectivity index (χ0) is 26.8. The Morgan fingerprint density at radius 1 is 0.974 bits per heavy atom. The Kier molecular flexibility index (Phi) is 8.13. The number of benzene rings is 2. The van der Waals surface area contributed by atoms with Crippen LogP contribution < -0.4 is 10.4 Å². The molecule has 7 heteroatoms. The van der Waals surface area contributed by atoms with E-state index in [1.807, 2.05) is 0 Å². The fraction of sp³-hybridized carbons (Fsp3) is 0.581. The van der Waals surface area contributed by atoms with E-state index in [9.17, 15) is 4.79 Å². The van der Waals surface area contributed by atoms with E-state index in [1.54, 1.807) is 0 Å². The maximum Gasteiger partial charge on any atom is 0.304 e. The third-order valence-corrected chi connectivity index (χ3v) is 13.4. The zero-order valence-electron chi connectivity index (χ0n) is 23.2. The number of esters is 1. The van der Waals surface area contributed by atoms with E-state index < -0.39 is 20.4 Å². The molecule has 0 amide bonds. The van der Waals surface area contributed by atoms with Gasteiger partial charge in [-0.15, -0.1) is 0 Å². The molecule has 206 valence electrons. The number of hydrogen-bond acceptors (Lipinski definition) is 6. The standard InChI is InChI=1S/C31H42O6Si/c1-23(32)35-28-20-24(29(36-28)27-22-33-31(37-27)18-12-7-13-19-31)21-34-38(30(2,3)4,25-14-8-5-9-15-25)26-16-10-6-11-17-26/h5-6,8-11,14-17,24,27-29H,7,12-13,18-22H2,1-4H3/t24-,27+,28?,29-/m0/s1. The van der Waals surface area contributed by atoms with Crippen molar-refractivity contribution in [2.24, 2.45) is 5.92 Å². The Hall–Kier alpha value is -2.03. The summed E-state index contributed by atoms with van der Waals surface area (Å²) >= 11 is 0. The van der Waals surface area contributed by atoms with Crippen molar-refractivity contribution >= 4 is 24.7 Å². The predicted octanol–water partition coefficient (Wildman–Crippen LogP) is 4.93. The second-order valence-corrected chi connectivity index (χ2v) is 16.4. The predicted molar refractivity (Wildman–Crippen MR) is 149 cm³/mol. The van der Waals surface area contributed by atoms with Crippen LogP contribution in [0.5, 0.6) is 0 Å². The van der Waals surface area contributed by atoms with Gasteiger partial charge >= 0.3 is 5.97 Å². The van der Waals surface area contributed by atoms with Gasteiger partial charge in [0.15, 0.2) is 5.79 Å². The van der Waals surface area contributed by atoms with Crippen LogP contribution in [0.15, 0.2) is 60.7 Å². The molecule has 0 radical (unpaired) electrons. The van der Waals surface area contributed by atoms with E-state index in [1.165, 1.54) is 23.7 Å². The molecule has 6 nitrogen and oxygen atoms in total. The molecule has 2 heterocycles. The van der Waals surface area contributed by atoms with E-state index in [2.05, 4.69) is 81.4 Å². The molecule has 3 fully saturated rings. The normalized spacial score (nSPS) is 27.5. The maximum atomic E-state index is 11.8. The van der Waals surface area contributed by atoms with E-state index in [0.717, 1.165) is 25.7 Å². The smallest absolute Gasteiger partial charge is 0.304 e. The molecule has 0 bridgehead atoms. The molecule has 1 aliphatic carbocycles. The van der Waals surface area contributed by atoms with Crippen LogP contribution in [-0.2, 0) is 28.2 Å². The molecule has 2 aromatic carbocycles. The molecule has 2 saturated heterocycles. The van der Waals surface area contributed by atoms with Gasteiger partial charge in [0.2, 0.25) is 6.29 Å². The summed E-state index contributed by atoms with van der Waals surface area (Å²) in [6.07, 6.45) is 4.82. The second kappa shape index (κ2) is 11.2. The van der Waals surface area contributed by atoms with Crippen LogP contribution >= 0.6 is 0 Å². The van der Waals surface area contributed by atoms with Crippen molar-refractivity contribution in [3.8, 4) is 0 Å². The van der Waals surface area contributed by atoms with Crippen molar-refractivity contribution in [1.82, 2.24) is 0 Å². The minimum absolute atomic E-state index is 0.00772. The first-order valence-electron chi connectivity index (χ1n) is 14.1. The van der Waals surface area contributed by atoms with Gasteiger partial charge < -0.3 is 23.4 Å². The summed E-state index contributed by atoms with van der Waals surface area (Å²) in [5, 5.41) is 2.36.